The highest BCUT2D eigenvalue weighted by atomic mass is 19.3. The normalized spacial score (nSPS) is 11.3. The Hall–Kier alpha value is -2.62. The standard InChI is InChI=1S/C16H17F2NO4/c1-4-21-14-8-11(5-6-13(14)23-16(17)18)7-12(9-19)15(20)22-10(2)3/h5-8,10,16H,4H2,1-3H3. The number of benzene rings is 1. The van der Waals surface area contributed by atoms with Crippen LogP contribution in [0.25, 0.3) is 6.08 Å². The summed E-state index contributed by atoms with van der Waals surface area (Å²) in [6.07, 6.45) is 0.930. The minimum atomic E-state index is -2.98. The molecule has 0 atom stereocenters. The number of ether oxygens (including phenoxy) is 3. The zero-order valence-electron chi connectivity index (χ0n) is 13.0. The number of carbonyl (C=O) groups excluding carboxylic acids is 1. The first-order valence-electron chi connectivity index (χ1n) is 6.91. The first kappa shape index (κ1) is 18.4. The third kappa shape index (κ3) is 5.94. The highest BCUT2D eigenvalue weighted by Crippen LogP contribution is 2.30. The first-order valence-corrected chi connectivity index (χ1v) is 6.91. The van der Waals surface area contributed by atoms with Gasteiger partial charge >= 0.3 is 12.6 Å². The van der Waals surface area contributed by atoms with Gasteiger partial charge in [-0.05, 0) is 44.5 Å². The summed E-state index contributed by atoms with van der Waals surface area (Å²) in [5.41, 5.74) is 0.219. The Morgan fingerprint density at radius 1 is 1.35 bits per heavy atom. The second-order valence-electron chi connectivity index (χ2n) is 4.64. The number of rotatable bonds is 7. The van der Waals surface area contributed by atoms with Crippen molar-refractivity contribution in [1.29, 1.82) is 5.26 Å². The fraction of sp³-hybridized carbons (Fsp3) is 0.375. The highest BCUT2D eigenvalue weighted by molar-refractivity contribution is 5.98. The van der Waals surface area contributed by atoms with E-state index in [0.717, 1.165) is 0 Å². The summed E-state index contributed by atoms with van der Waals surface area (Å²) in [6.45, 7) is 2.28. The van der Waals surface area contributed by atoms with Crippen molar-refractivity contribution in [2.24, 2.45) is 0 Å². The van der Waals surface area contributed by atoms with Crippen molar-refractivity contribution in [2.45, 2.75) is 33.5 Å². The van der Waals surface area contributed by atoms with Gasteiger partial charge in [0.25, 0.3) is 0 Å². The van der Waals surface area contributed by atoms with Gasteiger partial charge in [-0.2, -0.15) is 14.0 Å². The number of nitrogens with zero attached hydrogens (tertiary/aromatic N) is 1. The third-order valence-electron chi connectivity index (χ3n) is 2.48. The van der Waals surface area contributed by atoms with Crippen LogP contribution in [0.15, 0.2) is 23.8 Å². The monoisotopic (exact) mass is 325 g/mol. The molecule has 0 aliphatic heterocycles. The largest absolute Gasteiger partial charge is 0.490 e. The van der Waals surface area contributed by atoms with E-state index in [1.54, 1.807) is 26.8 Å². The molecule has 0 aliphatic rings. The Morgan fingerprint density at radius 2 is 2.04 bits per heavy atom. The van der Waals surface area contributed by atoms with Crippen LogP contribution < -0.4 is 9.47 Å². The summed E-state index contributed by atoms with van der Waals surface area (Å²) >= 11 is 0. The van der Waals surface area contributed by atoms with Crippen LogP contribution in [0.1, 0.15) is 26.3 Å². The number of alkyl halides is 2. The molecule has 0 spiro atoms. The summed E-state index contributed by atoms with van der Waals surface area (Å²) in [5.74, 6) is -0.785. The molecule has 0 aliphatic carbocycles. The van der Waals surface area contributed by atoms with Crippen LogP contribution in [0.2, 0.25) is 0 Å². The predicted molar refractivity (Wildman–Crippen MR) is 79.1 cm³/mol. The van der Waals surface area contributed by atoms with E-state index in [1.165, 1.54) is 24.3 Å². The lowest BCUT2D eigenvalue weighted by Gasteiger charge is -2.12. The van der Waals surface area contributed by atoms with Crippen LogP contribution in [0.3, 0.4) is 0 Å². The molecule has 0 saturated carbocycles. The second kappa shape index (κ2) is 8.73. The predicted octanol–water partition coefficient (Wildman–Crippen LogP) is 3.55. The molecule has 1 aromatic rings. The molecular weight excluding hydrogens is 308 g/mol. The molecule has 0 radical (unpaired) electrons. The van der Waals surface area contributed by atoms with Crippen LogP contribution >= 0.6 is 0 Å². The molecule has 124 valence electrons. The number of nitriles is 1. The zero-order valence-corrected chi connectivity index (χ0v) is 13.0. The molecule has 1 aromatic carbocycles. The van der Waals surface area contributed by atoms with Crippen molar-refractivity contribution in [2.75, 3.05) is 6.61 Å². The Bertz CT molecular complexity index is 621. The molecule has 0 saturated heterocycles. The first-order chi connectivity index (χ1) is 10.9. The van der Waals surface area contributed by atoms with Gasteiger partial charge in [0, 0.05) is 0 Å². The van der Waals surface area contributed by atoms with Crippen molar-refractivity contribution in [3.63, 3.8) is 0 Å². The van der Waals surface area contributed by atoms with Gasteiger partial charge in [0.2, 0.25) is 0 Å². The molecule has 0 heterocycles. The Kier molecular flexibility index (Phi) is 7.00. The number of hydrogen-bond donors (Lipinski definition) is 0. The molecule has 1 rings (SSSR count). The lowest BCUT2D eigenvalue weighted by atomic mass is 10.1. The fourth-order valence-corrected chi connectivity index (χ4v) is 1.66. The maximum atomic E-state index is 12.3. The highest BCUT2D eigenvalue weighted by Gasteiger charge is 2.14. The van der Waals surface area contributed by atoms with E-state index in [1.807, 2.05) is 0 Å². The van der Waals surface area contributed by atoms with Crippen LogP contribution in [-0.2, 0) is 9.53 Å². The zero-order chi connectivity index (χ0) is 17.4. The average molecular weight is 325 g/mol. The Labute approximate surface area is 133 Å². The van der Waals surface area contributed by atoms with Crippen LogP contribution in [0.5, 0.6) is 11.5 Å². The van der Waals surface area contributed by atoms with Gasteiger partial charge in [0.15, 0.2) is 11.5 Å². The van der Waals surface area contributed by atoms with Gasteiger partial charge in [0.1, 0.15) is 11.6 Å². The number of hydrogen-bond acceptors (Lipinski definition) is 5. The molecule has 0 amide bonds. The van der Waals surface area contributed by atoms with E-state index < -0.39 is 12.6 Å². The molecule has 0 fully saturated rings. The molecule has 0 bridgehead atoms. The quantitative estimate of drug-likeness (QED) is 0.436. The second-order valence-corrected chi connectivity index (χ2v) is 4.64. The van der Waals surface area contributed by atoms with Crippen molar-refractivity contribution >= 4 is 12.0 Å². The van der Waals surface area contributed by atoms with E-state index in [2.05, 4.69) is 4.74 Å². The maximum Gasteiger partial charge on any atom is 0.387 e. The van der Waals surface area contributed by atoms with E-state index in [9.17, 15) is 13.6 Å². The van der Waals surface area contributed by atoms with E-state index >= 15 is 0 Å². The molecule has 0 N–H and O–H groups in total. The SMILES string of the molecule is CCOc1cc(C=C(C#N)C(=O)OC(C)C)ccc1OC(F)F. The van der Waals surface area contributed by atoms with Crippen molar-refractivity contribution < 1.29 is 27.8 Å². The maximum absolute atomic E-state index is 12.3. The molecule has 0 unspecified atom stereocenters. The van der Waals surface area contributed by atoms with Gasteiger partial charge in [-0.25, -0.2) is 4.79 Å². The van der Waals surface area contributed by atoms with Crippen LogP contribution in [0.4, 0.5) is 8.78 Å². The Morgan fingerprint density at radius 3 is 2.57 bits per heavy atom. The van der Waals surface area contributed by atoms with Crippen molar-refractivity contribution in [3.05, 3.63) is 29.3 Å². The summed E-state index contributed by atoms with van der Waals surface area (Å²) in [5, 5.41) is 9.04. The lowest BCUT2D eigenvalue weighted by molar-refractivity contribution is -0.142. The lowest BCUT2D eigenvalue weighted by Crippen LogP contribution is -2.12. The molecule has 23 heavy (non-hydrogen) atoms. The third-order valence-corrected chi connectivity index (χ3v) is 2.48. The molecule has 0 aromatic heterocycles. The molecular formula is C16H17F2NO4. The van der Waals surface area contributed by atoms with E-state index in [4.69, 9.17) is 14.7 Å². The van der Waals surface area contributed by atoms with Gasteiger partial charge in [-0.1, -0.05) is 6.07 Å². The fourth-order valence-electron chi connectivity index (χ4n) is 1.66. The summed E-state index contributed by atoms with van der Waals surface area (Å²) in [4.78, 5) is 11.7. The van der Waals surface area contributed by atoms with Gasteiger partial charge in [-0.3, -0.25) is 0 Å². The molecule has 5 nitrogen and oxygen atoms in total. The van der Waals surface area contributed by atoms with Crippen LogP contribution in [-0.4, -0.2) is 25.3 Å². The van der Waals surface area contributed by atoms with Crippen molar-refractivity contribution in [3.8, 4) is 17.6 Å². The number of carbonyl (C=O) groups is 1. The number of esters is 1. The number of halogens is 2. The van der Waals surface area contributed by atoms with E-state index in [-0.39, 0.29) is 29.8 Å². The smallest absolute Gasteiger partial charge is 0.387 e. The van der Waals surface area contributed by atoms with Crippen molar-refractivity contribution in [1.82, 2.24) is 0 Å². The molecule has 7 heteroatoms. The average Bonchev–Trinajstić information content (AvgIpc) is 2.46. The topological polar surface area (TPSA) is 68.5 Å². The minimum absolute atomic E-state index is 0.0936. The van der Waals surface area contributed by atoms with Gasteiger partial charge < -0.3 is 14.2 Å². The Balaban J connectivity index is 3.12. The van der Waals surface area contributed by atoms with E-state index in [0.29, 0.717) is 5.56 Å². The minimum Gasteiger partial charge on any atom is -0.490 e. The summed E-state index contributed by atoms with van der Waals surface area (Å²) in [7, 11) is 0. The van der Waals surface area contributed by atoms with Gasteiger partial charge in [-0.15, -0.1) is 0 Å². The summed E-state index contributed by atoms with van der Waals surface area (Å²) < 4.78 is 39.2. The van der Waals surface area contributed by atoms with Crippen LogP contribution in [0, 0.1) is 11.3 Å². The van der Waals surface area contributed by atoms with Gasteiger partial charge in [0.05, 0.1) is 12.7 Å². The summed E-state index contributed by atoms with van der Waals surface area (Å²) in [6, 6.07) is 5.87.